The Morgan fingerprint density at radius 3 is 2.93 bits per heavy atom. The van der Waals surface area contributed by atoms with E-state index in [0.29, 0.717) is 23.9 Å². The molecule has 0 fully saturated rings. The first-order chi connectivity index (χ1) is 13.1. The first kappa shape index (κ1) is 17.5. The molecule has 1 aliphatic rings. The van der Waals surface area contributed by atoms with Gasteiger partial charge < -0.3 is 0 Å². The van der Waals surface area contributed by atoms with E-state index in [4.69, 9.17) is 11.6 Å². The van der Waals surface area contributed by atoms with Crippen molar-refractivity contribution in [2.75, 3.05) is 6.54 Å². The summed E-state index contributed by atoms with van der Waals surface area (Å²) >= 11 is 6.23. The SMILES string of the molecule is O=[N+]([O-])c1ccc(Cl)c(CN2CCc3nc(-c4cccnc4)ncc3C2)c1. The number of fused-ring (bicyclic) bond motifs is 1. The Morgan fingerprint density at radius 1 is 1.26 bits per heavy atom. The third-order valence-corrected chi connectivity index (χ3v) is 4.94. The van der Waals surface area contributed by atoms with E-state index in [2.05, 4.69) is 19.9 Å². The van der Waals surface area contributed by atoms with Crippen LogP contribution in [0, 0.1) is 10.1 Å². The van der Waals surface area contributed by atoms with Gasteiger partial charge in [-0.1, -0.05) is 11.6 Å². The smallest absolute Gasteiger partial charge is 0.269 e. The summed E-state index contributed by atoms with van der Waals surface area (Å²) < 4.78 is 0. The molecule has 0 atom stereocenters. The van der Waals surface area contributed by atoms with Crippen molar-refractivity contribution >= 4 is 17.3 Å². The number of rotatable bonds is 4. The second-order valence-corrected chi connectivity index (χ2v) is 6.81. The van der Waals surface area contributed by atoms with Crippen LogP contribution in [0.1, 0.15) is 16.8 Å². The lowest BCUT2D eigenvalue weighted by molar-refractivity contribution is -0.384. The maximum absolute atomic E-state index is 11.0. The number of nitro benzene ring substituents is 1. The molecule has 4 rings (SSSR count). The highest BCUT2D eigenvalue weighted by molar-refractivity contribution is 6.31. The average Bonchev–Trinajstić information content (AvgIpc) is 2.69. The molecule has 1 aliphatic heterocycles. The van der Waals surface area contributed by atoms with E-state index < -0.39 is 4.92 Å². The van der Waals surface area contributed by atoms with Crippen LogP contribution in [0.25, 0.3) is 11.4 Å². The summed E-state index contributed by atoms with van der Waals surface area (Å²) in [4.78, 5) is 26.1. The van der Waals surface area contributed by atoms with Gasteiger partial charge in [-0.15, -0.1) is 0 Å². The number of halogens is 1. The largest absolute Gasteiger partial charge is 0.294 e. The fourth-order valence-corrected chi connectivity index (χ4v) is 3.36. The zero-order valence-electron chi connectivity index (χ0n) is 14.4. The molecule has 136 valence electrons. The molecule has 8 heteroatoms. The van der Waals surface area contributed by atoms with Gasteiger partial charge in [0.1, 0.15) is 0 Å². The van der Waals surface area contributed by atoms with Gasteiger partial charge in [0.2, 0.25) is 0 Å². The van der Waals surface area contributed by atoms with Crippen molar-refractivity contribution in [3.05, 3.63) is 80.9 Å². The van der Waals surface area contributed by atoms with Crippen LogP contribution in [-0.4, -0.2) is 31.3 Å². The van der Waals surface area contributed by atoms with Gasteiger partial charge in [0.05, 0.1) is 10.6 Å². The third-order valence-electron chi connectivity index (χ3n) is 4.57. The molecular weight excluding hydrogens is 366 g/mol. The zero-order valence-corrected chi connectivity index (χ0v) is 15.1. The predicted molar refractivity (Wildman–Crippen MR) is 101 cm³/mol. The number of nitro groups is 1. The summed E-state index contributed by atoms with van der Waals surface area (Å²) in [5.41, 5.74) is 3.80. The first-order valence-electron chi connectivity index (χ1n) is 8.50. The Labute approximate surface area is 160 Å². The Hall–Kier alpha value is -2.90. The summed E-state index contributed by atoms with van der Waals surface area (Å²) in [6, 6.07) is 8.35. The topological polar surface area (TPSA) is 85.0 Å². The first-order valence-corrected chi connectivity index (χ1v) is 8.88. The maximum atomic E-state index is 11.0. The number of hydrogen-bond donors (Lipinski definition) is 0. The average molecular weight is 382 g/mol. The molecule has 2 aromatic heterocycles. The molecule has 3 aromatic rings. The van der Waals surface area contributed by atoms with Crippen molar-refractivity contribution in [3.8, 4) is 11.4 Å². The summed E-state index contributed by atoms with van der Waals surface area (Å²) in [5.74, 6) is 0.678. The Kier molecular flexibility index (Phi) is 4.79. The number of pyridine rings is 1. The molecule has 27 heavy (non-hydrogen) atoms. The molecule has 0 N–H and O–H groups in total. The number of nitrogens with zero attached hydrogens (tertiary/aromatic N) is 5. The van der Waals surface area contributed by atoms with Gasteiger partial charge in [-0.05, 0) is 23.8 Å². The standard InChI is InChI=1S/C19H16ClN5O2/c20-17-4-3-16(25(26)27)8-14(17)11-24-7-5-18-15(12-24)10-22-19(23-18)13-2-1-6-21-9-13/h1-4,6,8-10H,5,7,11-12H2. The number of hydrogen-bond acceptors (Lipinski definition) is 6. The lowest BCUT2D eigenvalue weighted by Gasteiger charge is -2.28. The normalized spacial score (nSPS) is 14.0. The molecule has 0 bridgehead atoms. The minimum atomic E-state index is -0.404. The fraction of sp³-hybridized carbons (Fsp3) is 0.211. The van der Waals surface area contributed by atoms with Gasteiger partial charge >= 0.3 is 0 Å². The van der Waals surface area contributed by atoms with Crippen molar-refractivity contribution in [1.29, 1.82) is 0 Å². The summed E-state index contributed by atoms with van der Waals surface area (Å²) in [5, 5.41) is 11.5. The Morgan fingerprint density at radius 2 is 2.15 bits per heavy atom. The van der Waals surface area contributed by atoms with E-state index in [0.717, 1.165) is 35.3 Å². The summed E-state index contributed by atoms with van der Waals surface area (Å²) in [6.45, 7) is 2.03. The van der Waals surface area contributed by atoms with Crippen LogP contribution in [0.2, 0.25) is 5.02 Å². The molecule has 0 radical (unpaired) electrons. The van der Waals surface area contributed by atoms with Gasteiger partial charge in [0, 0.05) is 72.9 Å². The Balaban J connectivity index is 1.52. The van der Waals surface area contributed by atoms with Crippen LogP contribution < -0.4 is 0 Å². The lowest BCUT2D eigenvalue weighted by atomic mass is 10.1. The van der Waals surface area contributed by atoms with E-state index >= 15 is 0 Å². The molecule has 0 unspecified atom stereocenters. The lowest BCUT2D eigenvalue weighted by Crippen LogP contribution is -2.31. The number of benzene rings is 1. The van der Waals surface area contributed by atoms with Crippen LogP contribution >= 0.6 is 11.6 Å². The van der Waals surface area contributed by atoms with Crippen molar-refractivity contribution in [3.63, 3.8) is 0 Å². The van der Waals surface area contributed by atoms with Crippen LogP contribution in [0.15, 0.2) is 48.9 Å². The summed E-state index contributed by atoms with van der Waals surface area (Å²) in [7, 11) is 0. The molecule has 0 spiro atoms. The molecule has 0 saturated carbocycles. The third kappa shape index (κ3) is 3.79. The highest BCUT2D eigenvalue weighted by Gasteiger charge is 2.20. The van der Waals surface area contributed by atoms with Crippen LogP contribution in [-0.2, 0) is 19.5 Å². The van der Waals surface area contributed by atoms with Crippen molar-refractivity contribution in [2.24, 2.45) is 0 Å². The molecule has 0 aliphatic carbocycles. The number of aromatic nitrogens is 3. The minimum absolute atomic E-state index is 0.0521. The fourth-order valence-electron chi connectivity index (χ4n) is 3.18. The molecular formula is C19H16ClN5O2. The predicted octanol–water partition coefficient (Wildman–Crippen LogP) is 3.66. The minimum Gasteiger partial charge on any atom is -0.294 e. The monoisotopic (exact) mass is 381 g/mol. The van der Waals surface area contributed by atoms with Crippen molar-refractivity contribution in [1.82, 2.24) is 19.9 Å². The van der Waals surface area contributed by atoms with Gasteiger partial charge in [-0.3, -0.25) is 20.0 Å². The molecule has 1 aromatic carbocycles. The summed E-state index contributed by atoms with van der Waals surface area (Å²) in [6.07, 6.45) is 6.11. The van der Waals surface area contributed by atoms with Crippen molar-refractivity contribution < 1.29 is 4.92 Å². The quantitative estimate of drug-likeness (QED) is 0.506. The molecule has 0 amide bonds. The van der Waals surface area contributed by atoms with Crippen molar-refractivity contribution in [2.45, 2.75) is 19.5 Å². The second-order valence-electron chi connectivity index (χ2n) is 6.40. The van der Waals surface area contributed by atoms with E-state index in [9.17, 15) is 10.1 Å². The van der Waals surface area contributed by atoms with Crippen LogP contribution in [0.3, 0.4) is 0 Å². The van der Waals surface area contributed by atoms with Crippen LogP contribution in [0.5, 0.6) is 0 Å². The van der Waals surface area contributed by atoms with E-state index in [1.165, 1.54) is 6.07 Å². The number of non-ortho nitro benzene ring substituents is 1. The maximum Gasteiger partial charge on any atom is 0.269 e. The molecule has 3 heterocycles. The van der Waals surface area contributed by atoms with E-state index in [1.807, 2.05) is 18.3 Å². The van der Waals surface area contributed by atoms with E-state index in [-0.39, 0.29) is 5.69 Å². The van der Waals surface area contributed by atoms with Gasteiger partial charge in [-0.2, -0.15) is 0 Å². The van der Waals surface area contributed by atoms with Crippen LogP contribution in [0.4, 0.5) is 5.69 Å². The van der Waals surface area contributed by atoms with Gasteiger partial charge in [0.25, 0.3) is 5.69 Å². The second kappa shape index (κ2) is 7.38. The molecule has 7 nitrogen and oxygen atoms in total. The van der Waals surface area contributed by atoms with E-state index in [1.54, 1.807) is 24.5 Å². The highest BCUT2D eigenvalue weighted by atomic mass is 35.5. The Bertz CT molecular complexity index is 997. The van der Waals surface area contributed by atoms with Gasteiger partial charge in [0.15, 0.2) is 5.82 Å². The molecule has 0 saturated heterocycles. The highest BCUT2D eigenvalue weighted by Crippen LogP contribution is 2.26. The zero-order chi connectivity index (χ0) is 18.8. The van der Waals surface area contributed by atoms with Gasteiger partial charge in [-0.25, -0.2) is 9.97 Å².